The molecule has 0 bridgehead atoms. The van der Waals surface area contributed by atoms with E-state index in [9.17, 15) is 4.79 Å². The molecule has 3 rings (SSSR count). The van der Waals surface area contributed by atoms with Gasteiger partial charge in [0.15, 0.2) is 0 Å². The fourth-order valence-electron chi connectivity index (χ4n) is 2.77. The molecule has 4 nitrogen and oxygen atoms in total. The number of anilines is 1. The number of carbonyl (C=O) groups is 1. The van der Waals surface area contributed by atoms with Crippen LogP contribution in [0.3, 0.4) is 0 Å². The zero-order valence-corrected chi connectivity index (χ0v) is 10.5. The fraction of sp³-hybridized carbons (Fsp3) is 0.500. The number of carbonyl (C=O) groups excluding carboxylic acids is 1. The Balaban J connectivity index is 1.54. The van der Waals surface area contributed by atoms with E-state index in [1.54, 1.807) is 0 Å². The smallest absolute Gasteiger partial charge is 0.220 e. The molecular weight excluding hydrogens is 226 g/mol. The van der Waals surface area contributed by atoms with Crippen molar-refractivity contribution in [2.75, 3.05) is 18.4 Å². The van der Waals surface area contributed by atoms with Crippen LogP contribution in [0.4, 0.5) is 5.69 Å². The van der Waals surface area contributed by atoms with Crippen molar-refractivity contribution in [2.24, 2.45) is 0 Å². The van der Waals surface area contributed by atoms with Crippen molar-refractivity contribution < 1.29 is 4.79 Å². The number of nitrogens with one attached hydrogen (secondary N) is 3. The average Bonchev–Trinajstić information content (AvgIpc) is 2.98. The lowest BCUT2D eigenvalue weighted by Crippen LogP contribution is -2.35. The van der Waals surface area contributed by atoms with Crippen LogP contribution in [0.25, 0.3) is 0 Å². The Labute approximate surface area is 107 Å². The van der Waals surface area contributed by atoms with Crippen molar-refractivity contribution in [3.63, 3.8) is 0 Å². The third-order valence-corrected chi connectivity index (χ3v) is 3.72. The fourth-order valence-corrected chi connectivity index (χ4v) is 2.77. The molecule has 1 atom stereocenters. The second kappa shape index (κ2) is 4.98. The molecule has 4 heteroatoms. The SMILES string of the molecule is O=C1CCC(CNCc2cccc3c2NCC3)N1. The highest BCUT2D eigenvalue weighted by atomic mass is 16.1. The van der Waals surface area contributed by atoms with Crippen LogP contribution in [0.2, 0.25) is 0 Å². The number of amides is 1. The Kier molecular flexibility index (Phi) is 3.19. The number of para-hydroxylation sites is 1. The molecule has 1 aromatic rings. The van der Waals surface area contributed by atoms with Crippen LogP contribution in [0.15, 0.2) is 18.2 Å². The summed E-state index contributed by atoms with van der Waals surface area (Å²) >= 11 is 0. The molecule has 0 saturated carbocycles. The average molecular weight is 245 g/mol. The summed E-state index contributed by atoms with van der Waals surface area (Å²) < 4.78 is 0. The normalized spacial score (nSPS) is 21.6. The Morgan fingerprint density at radius 2 is 2.28 bits per heavy atom. The van der Waals surface area contributed by atoms with Gasteiger partial charge < -0.3 is 16.0 Å². The lowest BCUT2D eigenvalue weighted by atomic mass is 10.1. The van der Waals surface area contributed by atoms with Crippen molar-refractivity contribution in [3.8, 4) is 0 Å². The number of rotatable bonds is 4. The van der Waals surface area contributed by atoms with Crippen LogP contribution < -0.4 is 16.0 Å². The van der Waals surface area contributed by atoms with Gasteiger partial charge in [-0.3, -0.25) is 4.79 Å². The number of hydrogen-bond donors (Lipinski definition) is 3. The van der Waals surface area contributed by atoms with Crippen LogP contribution in [0.1, 0.15) is 24.0 Å². The minimum absolute atomic E-state index is 0.184. The summed E-state index contributed by atoms with van der Waals surface area (Å²) in [6, 6.07) is 6.79. The Hall–Kier alpha value is -1.55. The van der Waals surface area contributed by atoms with Gasteiger partial charge in [-0.05, 0) is 24.0 Å². The van der Waals surface area contributed by atoms with Gasteiger partial charge in [-0.15, -0.1) is 0 Å². The third-order valence-electron chi connectivity index (χ3n) is 3.72. The molecule has 18 heavy (non-hydrogen) atoms. The Bertz CT molecular complexity index is 458. The van der Waals surface area contributed by atoms with Gasteiger partial charge in [0.25, 0.3) is 0 Å². The third kappa shape index (κ3) is 2.34. The van der Waals surface area contributed by atoms with E-state index < -0.39 is 0 Å². The van der Waals surface area contributed by atoms with Gasteiger partial charge in [-0.1, -0.05) is 18.2 Å². The molecule has 0 aromatic heterocycles. The first-order chi connectivity index (χ1) is 8.83. The lowest BCUT2D eigenvalue weighted by molar-refractivity contribution is -0.119. The second-order valence-corrected chi connectivity index (χ2v) is 5.06. The summed E-state index contributed by atoms with van der Waals surface area (Å²) in [4.78, 5) is 11.1. The predicted octanol–water partition coefficient (Wildman–Crippen LogP) is 1.02. The molecule has 1 amide bonds. The molecule has 1 unspecified atom stereocenters. The first-order valence-corrected chi connectivity index (χ1v) is 6.67. The van der Waals surface area contributed by atoms with E-state index in [2.05, 4.69) is 34.1 Å². The lowest BCUT2D eigenvalue weighted by Gasteiger charge is -2.13. The van der Waals surface area contributed by atoms with Crippen molar-refractivity contribution in [1.29, 1.82) is 0 Å². The van der Waals surface area contributed by atoms with E-state index in [0.29, 0.717) is 12.5 Å². The van der Waals surface area contributed by atoms with Crippen LogP contribution >= 0.6 is 0 Å². The highest BCUT2D eigenvalue weighted by molar-refractivity contribution is 5.78. The minimum atomic E-state index is 0.184. The van der Waals surface area contributed by atoms with E-state index in [1.807, 2.05) is 0 Å². The van der Waals surface area contributed by atoms with E-state index in [0.717, 1.165) is 32.5 Å². The number of benzene rings is 1. The van der Waals surface area contributed by atoms with Crippen LogP contribution in [0, 0.1) is 0 Å². The van der Waals surface area contributed by atoms with Crippen molar-refractivity contribution in [3.05, 3.63) is 29.3 Å². The van der Waals surface area contributed by atoms with Gasteiger partial charge in [0.2, 0.25) is 5.91 Å². The van der Waals surface area contributed by atoms with Crippen LogP contribution in [-0.4, -0.2) is 25.0 Å². The van der Waals surface area contributed by atoms with E-state index in [-0.39, 0.29) is 5.91 Å². The zero-order valence-electron chi connectivity index (χ0n) is 10.5. The second-order valence-electron chi connectivity index (χ2n) is 5.06. The van der Waals surface area contributed by atoms with Gasteiger partial charge in [0.1, 0.15) is 0 Å². The molecule has 1 fully saturated rings. The molecule has 3 N–H and O–H groups in total. The first kappa shape index (κ1) is 11.5. The van der Waals surface area contributed by atoms with Gasteiger partial charge in [-0.2, -0.15) is 0 Å². The van der Waals surface area contributed by atoms with E-state index >= 15 is 0 Å². The molecular formula is C14H19N3O. The molecule has 2 heterocycles. The van der Waals surface area contributed by atoms with Gasteiger partial charge in [-0.25, -0.2) is 0 Å². The maximum atomic E-state index is 11.1. The molecule has 1 saturated heterocycles. The highest BCUT2D eigenvalue weighted by Gasteiger charge is 2.20. The maximum Gasteiger partial charge on any atom is 0.220 e. The molecule has 2 aliphatic rings. The monoisotopic (exact) mass is 245 g/mol. The quantitative estimate of drug-likeness (QED) is 0.742. The number of hydrogen-bond acceptors (Lipinski definition) is 3. The van der Waals surface area contributed by atoms with Crippen molar-refractivity contribution in [1.82, 2.24) is 10.6 Å². The highest BCUT2D eigenvalue weighted by Crippen LogP contribution is 2.26. The summed E-state index contributed by atoms with van der Waals surface area (Å²) in [5.74, 6) is 0.184. The molecule has 96 valence electrons. The van der Waals surface area contributed by atoms with E-state index in [1.165, 1.54) is 16.8 Å². The zero-order chi connectivity index (χ0) is 12.4. The maximum absolute atomic E-state index is 11.1. The molecule has 0 radical (unpaired) electrons. The van der Waals surface area contributed by atoms with Crippen molar-refractivity contribution >= 4 is 11.6 Å². The first-order valence-electron chi connectivity index (χ1n) is 6.67. The van der Waals surface area contributed by atoms with Crippen molar-refractivity contribution in [2.45, 2.75) is 31.8 Å². The summed E-state index contributed by atoms with van der Waals surface area (Å²) in [5, 5.41) is 9.86. The topological polar surface area (TPSA) is 53.2 Å². The van der Waals surface area contributed by atoms with Crippen LogP contribution in [0.5, 0.6) is 0 Å². The Morgan fingerprint density at radius 1 is 1.33 bits per heavy atom. The molecule has 0 aliphatic carbocycles. The summed E-state index contributed by atoms with van der Waals surface area (Å²) in [7, 11) is 0. The van der Waals surface area contributed by atoms with Gasteiger partial charge >= 0.3 is 0 Å². The van der Waals surface area contributed by atoms with E-state index in [4.69, 9.17) is 0 Å². The van der Waals surface area contributed by atoms with Gasteiger partial charge in [0.05, 0.1) is 0 Å². The predicted molar refractivity (Wildman–Crippen MR) is 71.5 cm³/mol. The summed E-state index contributed by atoms with van der Waals surface area (Å²) in [6.07, 6.45) is 2.76. The summed E-state index contributed by atoms with van der Waals surface area (Å²) in [5.41, 5.74) is 4.05. The molecule has 2 aliphatic heterocycles. The summed E-state index contributed by atoms with van der Waals surface area (Å²) in [6.45, 7) is 2.77. The standard InChI is InChI=1S/C14H19N3O/c18-13-5-4-12(17-13)9-15-8-11-3-1-2-10-6-7-16-14(10)11/h1-3,12,15-16H,4-9H2,(H,17,18). The number of fused-ring (bicyclic) bond motifs is 1. The minimum Gasteiger partial charge on any atom is -0.384 e. The molecule has 1 aromatic carbocycles. The Morgan fingerprint density at radius 3 is 3.11 bits per heavy atom. The van der Waals surface area contributed by atoms with Gasteiger partial charge in [0, 0.05) is 37.8 Å². The van der Waals surface area contributed by atoms with Crippen LogP contribution in [-0.2, 0) is 17.8 Å². The molecule has 0 spiro atoms. The largest absolute Gasteiger partial charge is 0.384 e.